The molecule has 0 unspecified atom stereocenters. The van der Waals surface area contributed by atoms with Crippen molar-refractivity contribution in [2.45, 2.75) is 42.9 Å². The largest absolute Gasteiger partial charge is 0.478 e. The van der Waals surface area contributed by atoms with Crippen LogP contribution in [0.15, 0.2) is 35.2 Å². The Balaban J connectivity index is 1.65. The van der Waals surface area contributed by atoms with Crippen LogP contribution in [0.25, 0.3) is 0 Å². The SMILES string of the molecule is N#Cc1cc(NSc2cc(C(=O)O)ccc2C2CC2)c(N2CCCCC2)cc1F. The van der Waals surface area contributed by atoms with Crippen LogP contribution in [0.1, 0.15) is 59.5 Å². The van der Waals surface area contributed by atoms with Crippen molar-refractivity contribution in [2.24, 2.45) is 0 Å². The number of rotatable bonds is 6. The van der Waals surface area contributed by atoms with Crippen LogP contribution in [-0.4, -0.2) is 24.2 Å². The first-order chi connectivity index (χ1) is 14.1. The van der Waals surface area contributed by atoms with Crippen molar-refractivity contribution in [3.63, 3.8) is 0 Å². The summed E-state index contributed by atoms with van der Waals surface area (Å²) in [6.45, 7) is 1.71. The Hall–Kier alpha value is -2.72. The Morgan fingerprint density at radius 3 is 2.62 bits per heavy atom. The first-order valence-electron chi connectivity index (χ1n) is 9.85. The molecule has 0 aromatic heterocycles. The third-order valence-electron chi connectivity index (χ3n) is 5.45. The van der Waals surface area contributed by atoms with Gasteiger partial charge in [-0.25, -0.2) is 9.18 Å². The number of nitrogens with one attached hydrogen (secondary N) is 1. The van der Waals surface area contributed by atoms with Gasteiger partial charge in [0.2, 0.25) is 0 Å². The third kappa shape index (κ3) is 4.33. The molecular formula is C22H22FN3O2S. The van der Waals surface area contributed by atoms with Gasteiger partial charge < -0.3 is 14.7 Å². The van der Waals surface area contributed by atoms with E-state index >= 15 is 0 Å². The topological polar surface area (TPSA) is 76.4 Å². The quantitative estimate of drug-likeness (QED) is 0.621. The van der Waals surface area contributed by atoms with Gasteiger partial charge in [0.25, 0.3) is 0 Å². The highest BCUT2D eigenvalue weighted by Gasteiger charge is 2.27. The molecule has 2 fully saturated rings. The first-order valence-corrected chi connectivity index (χ1v) is 10.7. The van der Waals surface area contributed by atoms with E-state index in [1.165, 1.54) is 24.4 Å². The van der Waals surface area contributed by atoms with Gasteiger partial charge in [0, 0.05) is 24.1 Å². The Morgan fingerprint density at radius 2 is 1.97 bits per heavy atom. The van der Waals surface area contributed by atoms with Crippen LogP contribution in [0.2, 0.25) is 0 Å². The molecule has 0 amide bonds. The zero-order valence-electron chi connectivity index (χ0n) is 15.9. The summed E-state index contributed by atoms with van der Waals surface area (Å²) in [6, 6.07) is 10.1. The maximum Gasteiger partial charge on any atom is 0.335 e. The molecule has 1 aliphatic carbocycles. The number of nitrogens with zero attached hydrogens (tertiary/aromatic N) is 2. The van der Waals surface area contributed by atoms with E-state index in [9.17, 15) is 19.6 Å². The second kappa shape index (κ2) is 8.34. The zero-order valence-corrected chi connectivity index (χ0v) is 16.8. The van der Waals surface area contributed by atoms with Crippen molar-refractivity contribution in [2.75, 3.05) is 22.7 Å². The number of nitriles is 1. The van der Waals surface area contributed by atoms with Crippen molar-refractivity contribution >= 4 is 29.3 Å². The lowest BCUT2D eigenvalue weighted by molar-refractivity contribution is 0.0696. The average Bonchev–Trinajstić information content (AvgIpc) is 3.58. The average molecular weight is 412 g/mol. The normalized spacial score (nSPS) is 16.3. The number of piperidine rings is 1. The highest BCUT2D eigenvalue weighted by atomic mass is 32.2. The molecule has 0 bridgehead atoms. The van der Waals surface area contributed by atoms with Gasteiger partial charge in [0.05, 0.1) is 22.5 Å². The summed E-state index contributed by atoms with van der Waals surface area (Å²) in [5.74, 6) is -1.02. The number of anilines is 2. The zero-order chi connectivity index (χ0) is 20.4. The number of carbonyl (C=O) groups is 1. The predicted octanol–water partition coefficient (Wildman–Crippen LogP) is 5.38. The minimum atomic E-state index is -0.961. The lowest BCUT2D eigenvalue weighted by Crippen LogP contribution is -2.30. The van der Waals surface area contributed by atoms with Crippen LogP contribution in [0, 0.1) is 17.1 Å². The Kier molecular flexibility index (Phi) is 5.63. The summed E-state index contributed by atoms with van der Waals surface area (Å²) in [5.41, 5.74) is 2.80. The van der Waals surface area contributed by atoms with Crippen molar-refractivity contribution in [3.05, 3.63) is 52.8 Å². The summed E-state index contributed by atoms with van der Waals surface area (Å²) in [7, 11) is 0. The van der Waals surface area contributed by atoms with Gasteiger partial charge in [-0.1, -0.05) is 6.07 Å². The number of aromatic carboxylic acids is 1. The highest BCUT2D eigenvalue weighted by Crippen LogP contribution is 2.45. The van der Waals surface area contributed by atoms with E-state index in [1.54, 1.807) is 18.2 Å². The fourth-order valence-electron chi connectivity index (χ4n) is 3.72. The van der Waals surface area contributed by atoms with Crippen LogP contribution in [0.4, 0.5) is 15.8 Å². The molecule has 0 spiro atoms. The van der Waals surface area contributed by atoms with Crippen LogP contribution in [0.3, 0.4) is 0 Å². The summed E-state index contributed by atoms with van der Waals surface area (Å²) in [6.07, 6.45) is 5.49. The lowest BCUT2D eigenvalue weighted by Gasteiger charge is -2.31. The molecule has 1 saturated carbocycles. The van der Waals surface area contributed by atoms with Gasteiger partial charge >= 0.3 is 5.97 Å². The van der Waals surface area contributed by atoms with Crippen LogP contribution >= 0.6 is 11.9 Å². The van der Waals surface area contributed by atoms with E-state index in [1.807, 2.05) is 12.1 Å². The Labute approximate surface area is 173 Å². The van der Waals surface area contributed by atoms with E-state index in [4.69, 9.17) is 0 Å². The maximum atomic E-state index is 14.3. The molecule has 2 N–H and O–H groups in total. The molecule has 1 aliphatic heterocycles. The number of halogens is 1. The van der Waals surface area contributed by atoms with Crippen LogP contribution in [0.5, 0.6) is 0 Å². The molecule has 1 saturated heterocycles. The second-order valence-corrected chi connectivity index (χ2v) is 8.39. The number of benzene rings is 2. The van der Waals surface area contributed by atoms with E-state index in [2.05, 4.69) is 9.62 Å². The van der Waals surface area contributed by atoms with Gasteiger partial charge in [-0.3, -0.25) is 0 Å². The standard InChI is InChI=1S/C22H22FN3O2S/c23-18-12-20(26-8-2-1-3-9-26)19(10-16(18)13-24)25-29-21-11-15(22(27)28)6-7-17(21)14-4-5-14/h6-7,10-12,14,25H,1-5,8-9H2,(H,27,28). The number of hydrogen-bond donors (Lipinski definition) is 2. The third-order valence-corrected chi connectivity index (χ3v) is 6.35. The minimum absolute atomic E-state index is 0.00411. The summed E-state index contributed by atoms with van der Waals surface area (Å²) < 4.78 is 17.6. The monoisotopic (exact) mass is 411 g/mol. The molecule has 2 aliphatic rings. The van der Waals surface area contributed by atoms with Crippen molar-refractivity contribution < 1.29 is 14.3 Å². The fourth-order valence-corrected chi connectivity index (χ4v) is 4.65. The van der Waals surface area contributed by atoms with Gasteiger partial charge in [-0.05, 0) is 73.7 Å². The summed E-state index contributed by atoms with van der Waals surface area (Å²) in [5, 5.41) is 18.6. The lowest BCUT2D eigenvalue weighted by atomic mass is 10.1. The van der Waals surface area contributed by atoms with E-state index in [0.717, 1.165) is 54.9 Å². The van der Waals surface area contributed by atoms with Crippen molar-refractivity contribution in [1.82, 2.24) is 0 Å². The molecule has 4 rings (SSSR count). The molecule has 0 atom stereocenters. The van der Waals surface area contributed by atoms with Crippen molar-refractivity contribution in [3.8, 4) is 6.07 Å². The molecule has 2 aromatic rings. The molecule has 7 heteroatoms. The molecule has 0 radical (unpaired) electrons. The molecule has 1 heterocycles. The number of carboxylic acid groups (broad SMARTS) is 1. The number of hydrogen-bond acceptors (Lipinski definition) is 5. The summed E-state index contributed by atoms with van der Waals surface area (Å²) >= 11 is 1.33. The maximum absolute atomic E-state index is 14.3. The van der Waals surface area contributed by atoms with Crippen LogP contribution in [-0.2, 0) is 0 Å². The summed E-state index contributed by atoms with van der Waals surface area (Å²) in [4.78, 5) is 14.4. The minimum Gasteiger partial charge on any atom is -0.478 e. The first kappa shape index (κ1) is 19.6. The Morgan fingerprint density at radius 1 is 1.21 bits per heavy atom. The molecule has 5 nitrogen and oxygen atoms in total. The Bertz CT molecular complexity index is 979. The smallest absolute Gasteiger partial charge is 0.335 e. The van der Waals surface area contributed by atoms with E-state index < -0.39 is 11.8 Å². The van der Waals surface area contributed by atoms with Crippen molar-refractivity contribution in [1.29, 1.82) is 5.26 Å². The van der Waals surface area contributed by atoms with Gasteiger partial charge in [0.1, 0.15) is 11.9 Å². The van der Waals surface area contributed by atoms with Gasteiger partial charge in [0.15, 0.2) is 0 Å². The highest BCUT2D eigenvalue weighted by molar-refractivity contribution is 8.00. The van der Waals surface area contributed by atoms with E-state index in [0.29, 0.717) is 11.6 Å². The fraction of sp³-hybridized carbons (Fsp3) is 0.364. The second-order valence-electron chi connectivity index (χ2n) is 7.54. The van der Waals surface area contributed by atoms with E-state index in [-0.39, 0.29) is 11.1 Å². The van der Waals surface area contributed by atoms with Gasteiger partial charge in [-0.15, -0.1) is 0 Å². The van der Waals surface area contributed by atoms with Gasteiger partial charge in [-0.2, -0.15) is 5.26 Å². The predicted molar refractivity (Wildman–Crippen MR) is 112 cm³/mol. The molecule has 150 valence electrons. The van der Waals surface area contributed by atoms with Crippen LogP contribution < -0.4 is 9.62 Å². The molecule has 2 aromatic carbocycles. The number of carboxylic acids is 1. The molecule has 29 heavy (non-hydrogen) atoms. The molecular weight excluding hydrogens is 389 g/mol.